The molecule has 1 fully saturated rings. The van der Waals surface area contributed by atoms with Crippen LogP contribution in [0.1, 0.15) is 36.4 Å². The summed E-state index contributed by atoms with van der Waals surface area (Å²) in [7, 11) is 0. The van der Waals surface area contributed by atoms with E-state index in [9.17, 15) is 0 Å². The zero-order valence-electron chi connectivity index (χ0n) is 22.6. The van der Waals surface area contributed by atoms with Gasteiger partial charge in [-0.05, 0) is 59.7 Å². The minimum Gasteiger partial charge on any atom is -0.317 e. The van der Waals surface area contributed by atoms with Crippen LogP contribution in [0, 0.1) is 11.8 Å². The van der Waals surface area contributed by atoms with Gasteiger partial charge in [0.1, 0.15) is 0 Å². The van der Waals surface area contributed by atoms with Crippen LogP contribution in [0.5, 0.6) is 0 Å². The molecule has 1 saturated carbocycles. The van der Waals surface area contributed by atoms with Crippen molar-refractivity contribution in [1.82, 2.24) is 9.80 Å². The van der Waals surface area contributed by atoms with Crippen molar-refractivity contribution in [2.24, 2.45) is 21.8 Å². The highest BCUT2D eigenvalue weighted by Crippen LogP contribution is 2.53. The van der Waals surface area contributed by atoms with Gasteiger partial charge in [0, 0.05) is 32.3 Å². The van der Waals surface area contributed by atoms with Crippen LogP contribution in [0.3, 0.4) is 0 Å². The molecule has 202 valence electrons. The van der Waals surface area contributed by atoms with E-state index < -0.39 is 0 Å². The topological polar surface area (TPSA) is 31.2 Å². The Hall–Kier alpha value is -2.52. The molecule has 0 bridgehead atoms. The fourth-order valence-electron chi connectivity index (χ4n) is 5.72. The number of allylic oxidation sites excluding steroid dienone is 2. The van der Waals surface area contributed by atoms with E-state index in [1.54, 1.807) is 4.91 Å². The summed E-state index contributed by atoms with van der Waals surface area (Å²) < 4.78 is 2.76. The van der Waals surface area contributed by atoms with E-state index in [4.69, 9.17) is 0 Å². The smallest absolute Gasteiger partial charge is 0.168 e. The zero-order chi connectivity index (χ0) is 26.8. The number of rotatable bonds is 4. The molecule has 0 saturated heterocycles. The van der Waals surface area contributed by atoms with Crippen molar-refractivity contribution >= 4 is 88.1 Å². The molecule has 4 aromatic rings. The first-order valence-electron chi connectivity index (χ1n) is 14.1. The molecule has 9 rings (SSSR count). The van der Waals surface area contributed by atoms with E-state index in [1.165, 1.54) is 69.4 Å². The van der Waals surface area contributed by atoms with Gasteiger partial charge in [0.2, 0.25) is 0 Å². The fourth-order valence-corrected chi connectivity index (χ4v) is 10.7. The lowest BCUT2D eigenvalue weighted by atomic mass is 10.1. The molecular weight excluding hydrogens is 569 g/mol. The first-order chi connectivity index (χ1) is 19.6. The molecule has 8 heteroatoms. The van der Waals surface area contributed by atoms with Crippen LogP contribution in [0.25, 0.3) is 31.6 Å². The average molecular weight is 599 g/mol. The zero-order valence-corrected chi connectivity index (χ0v) is 25.9. The van der Waals surface area contributed by atoms with E-state index in [1.807, 2.05) is 46.2 Å². The van der Waals surface area contributed by atoms with E-state index in [-0.39, 0.29) is 0 Å². The van der Waals surface area contributed by atoms with Crippen LogP contribution in [0.15, 0.2) is 80.5 Å². The number of hydrogen-bond acceptors (Lipinski definition) is 8. The highest BCUT2D eigenvalue weighted by molar-refractivity contribution is 8.18. The van der Waals surface area contributed by atoms with E-state index in [0.29, 0.717) is 5.92 Å². The quantitative estimate of drug-likeness (QED) is 0.235. The van der Waals surface area contributed by atoms with E-state index in [0.717, 1.165) is 32.1 Å². The average Bonchev–Trinajstić information content (AvgIpc) is 3.51. The Morgan fingerprint density at radius 2 is 1.27 bits per heavy atom. The maximum absolute atomic E-state index is 4.66. The summed E-state index contributed by atoms with van der Waals surface area (Å²) in [5.74, 6) is 1.35. The van der Waals surface area contributed by atoms with E-state index >= 15 is 0 Å². The molecule has 0 radical (unpaired) electrons. The molecule has 40 heavy (non-hydrogen) atoms. The third-order valence-electron chi connectivity index (χ3n) is 7.80. The Bertz CT molecular complexity index is 1580. The number of fused-ring (bicyclic) bond motifs is 4. The number of benzene rings is 2. The monoisotopic (exact) mass is 598 g/mol. The number of thiophene rings is 2. The molecule has 0 atom stereocenters. The summed E-state index contributed by atoms with van der Waals surface area (Å²) in [6, 6.07) is 22.0. The Balaban J connectivity index is 0.000000123. The van der Waals surface area contributed by atoms with Crippen molar-refractivity contribution in [2.75, 3.05) is 26.2 Å². The molecule has 0 amide bonds. The van der Waals surface area contributed by atoms with Crippen LogP contribution in [-0.4, -0.2) is 46.3 Å². The molecule has 5 aliphatic rings. The highest BCUT2D eigenvalue weighted by atomic mass is 32.2. The van der Waals surface area contributed by atoms with Gasteiger partial charge in [0.15, 0.2) is 10.3 Å². The first kappa shape index (κ1) is 25.2. The normalized spacial score (nSPS) is 20.1. The van der Waals surface area contributed by atoms with Crippen LogP contribution >= 0.6 is 46.2 Å². The molecule has 4 aliphatic heterocycles. The summed E-state index contributed by atoms with van der Waals surface area (Å²) in [5, 5.41) is 5.14. The van der Waals surface area contributed by atoms with Gasteiger partial charge in [0.25, 0.3) is 0 Å². The Kier molecular flexibility index (Phi) is 6.36. The second-order valence-electron chi connectivity index (χ2n) is 11.0. The van der Waals surface area contributed by atoms with Crippen molar-refractivity contribution in [3.8, 4) is 0 Å². The Morgan fingerprint density at radius 1 is 0.725 bits per heavy atom. The summed E-state index contributed by atoms with van der Waals surface area (Å²) >= 11 is 7.61. The van der Waals surface area contributed by atoms with Crippen molar-refractivity contribution in [3.63, 3.8) is 0 Å². The molecular formula is C32H30N4S4. The van der Waals surface area contributed by atoms with Crippen LogP contribution in [-0.2, 0) is 0 Å². The van der Waals surface area contributed by atoms with Gasteiger partial charge >= 0.3 is 0 Å². The summed E-state index contributed by atoms with van der Waals surface area (Å²) in [4.78, 5) is 20.0. The molecule has 2 aromatic heterocycles. The van der Waals surface area contributed by atoms with Crippen molar-refractivity contribution in [3.05, 3.63) is 80.2 Å². The predicted molar refractivity (Wildman–Crippen MR) is 178 cm³/mol. The molecule has 0 spiro atoms. The molecule has 0 unspecified atom stereocenters. The third kappa shape index (κ3) is 4.35. The van der Waals surface area contributed by atoms with Gasteiger partial charge in [-0.15, -0.1) is 22.7 Å². The minimum atomic E-state index is 0.550. The lowest BCUT2D eigenvalue weighted by molar-refractivity contribution is 0.642. The van der Waals surface area contributed by atoms with Crippen molar-refractivity contribution < 1.29 is 0 Å². The predicted octanol–water partition coefficient (Wildman–Crippen LogP) is 9.04. The largest absolute Gasteiger partial charge is 0.317 e. The molecule has 2 aromatic carbocycles. The second kappa shape index (κ2) is 10.1. The molecule has 1 aliphatic carbocycles. The van der Waals surface area contributed by atoms with Gasteiger partial charge in [-0.2, -0.15) is 0 Å². The fraction of sp³-hybridized carbons (Fsp3) is 0.312. The van der Waals surface area contributed by atoms with Crippen LogP contribution in [0.2, 0.25) is 0 Å². The van der Waals surface area contributed by atoms with Gasteiger partial charge < -0.3 is 9.80 Å². The molecule has 4 nitrogen and oxygen atoms in total. The number of amidine groups is 2. The lowest BCUT2D eigenvalue weighted by Crippen LogP contribution is -2.19. The Labute approximate surface area is 251 Å². The van der Waals surface area contributed by atoms with Crippen molar-refractivity contribution in [1.29, 1.82) is 0 Å². The summed E-state index contributed by atoms with van der Waals surface area (Å²) in [5.41, 5.74) is 2.87. The van der Waals surface area contributed by atoms with Gasteiger partial charge in [-0.3, -0.25) is 9.98 Å². The second-order valence-corrected chi connectivity index (χ2v) is 15.2. The van der Waals surface area contributed by atoms with Crippen LogP contribution in [0.4, 0.5) is 0 Å². The number of thioether (sulfide) groups is 2. The van der Waals surface area contributed by atoms with Gasteiger partial charge in [-0.1, -0.05) is 73.8 Å². The lowest BCUT2D eigenvalue weighted by Gasteiger charge is -2.16. The minimum absolute atomic E-state index is 0.550. The number of nitrogens with zero attached hydrogens (tertiary/aromatic N) is 4. The van der Waals surface area contributed by atoms with E-state index in [2.05, 4.69) is 94.3 Å². The highest BCUT2D eigenvalue weighted by Gasteiger charge is 2.40. The summed E-state index contributed by atoms with van der Waals surface area (Å²) in [6.45, 7) is 8.53. The SMILES string of the molecule is CC(C)C1=C(c2cc3ccccc3s2)N2CCN=C2S1.c1ccc2sc(C3=C(C4CC4)SC4=NCCN43)cc2c1. The van der Waals surface area contributed by atoms with Crippen LogP contribution < -0.4 is 0 Å². The standard InChI is InChI=1S/C16H14N2S2.C16H16N2S2/c1-2-4-12-11(3-1)9-13(19-12)14-15(10-5-6-10)20-16-17-7-8-18(14)16;1-10(2)15-14(18-8-7-17-16(18)20-15)13-9-11-5-3-4-6-12(11)19-13/h1-4,9-10H,5-8H2;3-6,9-10H,7-8H2,1-2H3. The molecule has 0 N–H and O–H groups in total. The van der Waals surface area contributed by atoms with Gasteiger partial charge in [-0.25, -0.2) is 0 Å². The first-order valence-corrected chi connectivity index (χ1v) is 17.4. The molecule has 6 heterocycles. The summed E-state index contributed by atoms with van der Waals surface area (Å²) in [6.07, 6.45) is 2.72. The maximum atomic E-state index is 4.66. The van der Waals surface area contributed by atoms with Crippen molar-refractivity contribution in [2.45, 2.75) is 26.7 Å². The third-order valence-corrected chi connectivity index (χ3v) is 12.7. The maximum Gasteiger partial charge on any atom is 0.168 e. The number of hydrogen-bond donors (Lipinski definition) is 0. The number of aliphatic imine (C=N–C) groups is 2. The Morgan fingerprint density at radius 3 is 1.85 bits per heavy atom. The van der Waals surface area contributed by atoms with Gasteiger partial charge in [0.05, 0.1) is 34.2 Å².